The van der Waals surface area contributed by atoms with Crippen molar-refractivity contribution in [2.45, 2.75) is 33.2 Å². The summed E-state index contributed by atoms with van der Waals surface area (Å²) in [5, 5.41) is 3.05. The van der Waals surface area contributed by atoms with Gasteiger partial charge in [0, 0.05) is 19.7 Å². The molecule has 4 heteroatoms. The average molecular weight is 216 g/mol. The first kappa shape index (κ1) is 14.4. The fourth-order valence-electron chi connectivity index (χ4n) is 1.33. The van der Waals surface area contributed by atoms with Gasteiger partial charge in [-0.1, -0.05) is 13.8 Å². The van der Waals surface area contributed by atoms with Gasteiger partial charge in [-0.2, -0.15) is 0 Å². The van der Waals surface area contributed by atoms with Crippen molar-refractivity contribution >= 4 is 5.91 Å². The lowest BCUT2D eigenvalue weighted by atomic mass is 10.2. The summed E-state index contributed by atoms with van der Waals surface area (Å²) in [6.45, 7) is 8.67. The minimum absolute atomic E-state index is 0.156. The Balaban J connectivity index is 4.14. The van der Waals surface area contributed by atoms with E-state index in [4.69, 9.17) is 4.74 Å². The molecule has 0 saturated heterocycles. The Hall–Kier alpha value is -0.610. The van der Waals surface area contributed by atoms with E-state index in [-0.39, 0.29) is 11.9 Å². The lowest BCUT2D eigenvalue weighted by Gasteiger charge is -2.28. The van der Waals surface area contributed by atoms with E-state index < -0.39 is 0 Å². The molecule has 0 aliphatic carbocycles. The Bertz CT molecular complexity index is 174. The van der Waals surface area contributed by atoms with Crippen LogP contribution in [-0.2, 0) is 9.53 Å². The molecule has 0 radical (unpaired) electrons. The molecule has 0 aliphatic heterocycles. The number of likely N-dealkylation sites (N-methyl/N-ethyl adjacent to an activating group) is 1. The summed E-state index contributed by atoms with van der Waals surface area (Å²) in [7, 11) is 1.66. The van der Waals surface area contributed by atoms with Crippen LogP contribution in [-0.4, -0.2) is 50.2 Å². The van der Waals surface area contributed by atoms with Crippen molar-refractivity contribution < 1.29 is 9.53 Å². The van der Waals surface area contributed by atoms with Crippen molar-refractivity contribution in [3.8, 4) is 0 Å². The fourth-order valence-corrected chi connectivity index (χ4v) is 1.33. The number of carbonyl (C=O) groups is 1. The number of hydrogen-bond donors (Lipinski definition) is 1. The molecule has 1 atom stereocenters. The number of methoxy groups -OCH3 is 1. The Morgan fingerprint density at radius 3 is 2.60 bits per heavy atom. The van der Waals surface area contributed by atoms with Crippen molar-refractivity contribution in [2.24, 2.45) is 0 Å². The summed E-state index contributed by atoms with van der Waals surface area (Å²) in [4.78, 5) is 13.7. The molecule has 0 rings (SSSR count). The smallest absolute Gasteiger partial charge is 0.236 e. The van der Waals surface area contributed by atoms with Crippen molar-refractivity contribution in [3.63, 3.8) is 0 Å². The summed E-state index contributed by atoms with van der Waals surface area (Å²) < 4.78 is 5.01. The lowest BCUT2D eigenvalue weighted by Crippen LogP contribution is -2.44. The molecule has 90 valence electrons. The maximum Gasteiger partial charge on any atom is 0.236 e. The second-order valence-electron chi connectivity index (χ2n) is 3.62. The quantitative estimate of drug-likeness (QED) is 0.654. The Morgan fingerprint density at radius 2 is 2.13 bits per heavy atom. The van der Waals surface area contributed by atoms with Gasteiger partial charge in [0.15, 0.2) is 0 Å². The van der Waals surface area contributed by atoms with Gasteiger partial charge in [0.2, 0.25) is 5.91 Å². The highest BCUT2D eigenvalue weighted by molar-refractivity contribution is 5.78. The van der Waals surface area contributed by atoms with E-state index in [9.17, 15) is 4.79 Å². The topological polar surface area (TPSA) is 41.6 Å². The molecule has 15 heavy (non-hydrogen) atoms. The number of nitrogens with zero attached hydrogens (tertiary/aromatic N) is 1. The number of ether oxygens (including phenoxy) is 1. The van der Waals surface area contributed by atoms with Gasteiger partial charge in [0.25, 0.3) is 0 Å². The first-order valence-electron chi connectivity index (χ1n) is 5.66. The Kier molecular flexibility index (Phi) is 8.33. The van der Waals surface area contributed by atoms with Crippen molar-refractivity contribution in [1.29, 1.82) is 0 Å². The molecule has 0 heterocycles. The van der Waals surface area contributed by atoms with Crippen LogP contribution in [0.4, 0.5) is 0 Å². The molecule has 0 spiro atoms. The van der Waals surface area contributed by atoms with Crippen LogP contribution in [0.5, 0.6) is 0 Å². The molecule has 1 amide bonds. The molecular formula is C11H24N2O2. The monoisotopic (exact) mass is 216 g/mol. The van der Waals surface area contributed by atoms with E-state index in [0.717, 1.165) is 13.0 Å². The SMILES string of the molecule is CCNCC(=O)N(CCOC)C(C)CC. The third kappa shape index (κ3) is 5.74. The number of carbonyl (C=O) groups excluding carboxylic acids is 1. The fraction of sp³-hybridized carbons (Fsp3) is 0.909. The molecule has 1 unspecified atom stereocenters. The van der Waals surface area contributed by atoms with Crippen LogP contribution in [0.15, 0.2) is 0 Å². The van der Waals surface area contributed by atoms with E-state index in [1.54, 1.807) is 7.11 Å². The van der Waals surface area contributed by atoms with Gasteiger partial charge in [0.05, 0.1) is 13.2 Å². The van der Waals surface area contributed by atoms with E-state index in [1.807, 2.05) is 11.8 Å². The van der Waals surface area contributed by atoms with Crippen LogP contribution in [0.1, 0.15) is 27.2 Å². The van der Waals surface area contributed by atoms with Crippen LogP contribution in [0, 0.1) is 0 Å². The van der Waals surface area contributed by atoms with Crippen LogP contribution < -0.4 is 5.32 Å². The van der Waals surface area contributed by atoms with Gasteiger partial charge in [-0.15, -0.1) is 0 Å². The predicted octanol–water partition coefficient (Wildman–Crippen LogP) is 0.869. The number of rotatable bonds is 8. The van der Waals surface area contributed by atoms with Gasteiger partial charge in [-0.05, 0) is 19.9 Å². The zero-order chi connectivity index (χ0) is 11.7. The van der Waals surface area contributed by atoms with Crippen LogP contribution >= 0.6 is 0 Å². The zero-order valence-corrected chi connectivity index (χ0v) is 10.4. The van der Waals surface area contributed by atoms with Gasteiger partial charge < -0.3 is 15.0 Å². The maximum atomic E-state index is 11.8. The normalized spacial score (nSPS) is 12.5. The first-order chi connectivity index (χ1) is 7.17. The summed E-state index contributed by atoms with van der Waals surface area (Å²) in [6, 6.07) is 0.284. The lowest BCUT2D eigenvalue weighted by molar-refractivity contribution is -0.133. The standard InChI is InChI=1S/C11H24N2O2/c1-5-10(3)13(7-8-15-4)11(14)9-12-6-2/h10,12H,5-9H2,1-4H3. The Labute approximate surface area is 93.0 Å². The van der Waals surface area contributed by atoms with Crippen LogP contribution in [0.3, 0.4) is 0 Å². The summed E-state index contributed by atoms with van der Waals surface area (Å²) in [5.41, 5.74) is 0. The molecule has 0 saturated carbocycles. The molecule has 4 nitrogen and oxygen atoms in total. The first-order valence-corrected chi connectivity index (χ1v) is 5.66. The molecule has 0 bridgehead atoms. The second-order valence-corrected chi connectivity index (χ2v) is 3.62. The molecule has 0 aromatic rings. The van der Waals surface area contributed by atoms with Gasteiger partial charge in [-0.25, -0.2) is 0 Å². The highest BCUT2D eigenvalue weighted by Crippen LogP contribution is 2.03. The van der Waals surface area contributed by atoms with Gasteiger partial charge >= 0.3 is 0 Å². The van der Waals surface area contributed by atoms with Crippen molar-refractivity contribution in [1.82, 2.24) is 10.2 Å². The third-order valence-electron chi connectivity index (χ3n) is 2.51. The predicted molar refractivity (Wildman–Crippen MR) is 61.9 cm³/mol. The van der Waals surface area contributed by atoms with Crippen LogP contribution in [0.25, 0.3) is 0 Å². The molecule has 0 fully saturated rings. The molecule has 0 aromatic heterocycles. The third-order valence-corrected chi connectivity index (χ3v) is 2.51. The molecule has 0 aliphatic rings. The van der Waals surface area contributed by atoms with Crippen molar-refractivity contribution in [3.05, 3.63) is 0 Å². The average Bonchev–Trinajstić information content (AvgIpc) is 2.26. The summed E-state index contributed by atoms with van der Waals surface area (Å²) >= 11 is 0. The van der Waals surface area contributed by atoms with E-state index in [0.29, 0.717) is 19.7 Å². The number of nitrogens with one attached hydrogen (secondary N) is 1. The van der Waals surface area contributed by atoms with E-state index >= 15 is 0 Å². The van der Waals surface area contributed by atoms with Gasteiger partial charge in [-0.3, -0.25) is 4.79 Å². The maximum absolute atomic E-state index is 11.8. The van der Waals surface area contributed by atoms with Crippen LogP contribution in [0.2, 0.25) is 0 Å². The molecule has 0 aromatic carbocycles. The number of amides is 1. The molecular weight excluding hydrogens is 192 g/mol. The zero-order valence-electron chi connectivity index (χ0n) is 10.4. The Morgan fingerprint density at radius 1 is 1.47 bits per heavy atom. The minimum Gasteiger partial charge on any atom is -0.383 e. The highest BCUT2D eigenvalue weighted by Gasteiger charge is 2.17. The summed E-state index contributed by atoms with van der Waals surface area (Å²) in [5.74, 6) is 0.156. The largest absolute Gasteiger partial charge is 0.383 e. The highest BCUT2D eigenvalue weighted by atomic mass is 16.5. The van der Waals surface area contributed by atoms with E-state index in [1.165, 1.54) is 0 Å². The van der Waals surface area contributed by atoms with E-state index in [2.05, 4.69) is 19.2 Å². The number of hydrogen-bond acceptors (Lipinski definition) is 3. The van der Waals surface area contributed by atoms with Gasteiger partial charge in [0.1, 0.15) is 0 Å². The molecule has 1 N–H and O–H groups in total. The summed E-state index contributed by atoms with van der Waals surface area (Å²) in [6.07, 6.45) is 0.974. The van der Waals surface area contributed by atoms with Crippen molar-refractivity contribution in [2.75, 3.05) is 33.4 Å². The second kappa shape index (κ2) is 8.68. The minimum atomic E-state index is 0.156.